The minimum atomic E-state index is -3.94. The fraction of sp³-hybridized carbons (Fsp3) is 0.367. The second-order valence-electron chi connectivity index (χ2n) is 10.5. The molecular weight excluding hydrogens is 500 g/mol. The number of fused-ring (bicyclic) bond motifs is 1. The van der Waals surface area contributed by atoms with Crippen molar-refractivity contribution >= 4 is 21.6 Å². The Labute approximate surface area is 225 Å². The number of hydrogen-bond donors (Lipinski definition) is 1. The lowest BCUT2D eigenvalue weighted by Gasteiger charge is -2.36. The van der Waals surface area contributed by atoms with Crippen LogP contribution >= 0.6 is 0 Å². The van der Waals surface area contributed by atoms with E-state index < -0.39 is 22.0 Å². The van der Waals surface area contributed by atoms with Crippen molar-refractivity contribution in [3.8, 4) is 11.5 Å². The third-order valence-electron chi connectivity index (χ3n) is 6.60. The van der Waals surface area contributed by atoms with Crippen LogP contribution in [0.4, 0.5) is 5.69 Å². The third-order valence-corrected chi connectivity index (χ3v) is 8.39. The van der Waals surface area contributed by atoms with Gasteiger partial charge in [-0.1, -0.05) is 63.6 Å². The standard InChI is InChI=1S/C30H36N2O5S/c1-6-22-9-12-24(13-10-22)36-18-17-31-29(33)28-20-32(38(34,35)25-14-7-21(2)8-15-25)26-19-23(30(3,4)5)11-16-27(26)37-28/h7-16,19,28H,6,17-18,20H2,1-5H3,(H,31,33)/t28-/m1/s1. The SMILES string of the molecule is CCc1ccc(OCCNC(=O)[C@H]2CN(S(=O)(=O)c3ccc(C)cc3)c3cc(C(C)(C)C)ccc3O2)cc1. The summed E-state index contributed by atoms with van der Waals surface area (Å²) in [5, 5.41) is 2.82. The van der Waals surface area contributed by atoms with Crippen LogP contribution in [0.15, 0.2) is 71.6 Å². The van der Waals surface area contributed by atoms with E-state index in [1.807, 2.05) is 43.3 Å². The number of nitrogens with one attached hydrogen (secondary N) is 1. The van der Waals surface area contributed by atoms with Crippen LogP contribution in [0.3, 0.4) is 0 Å². The minimum Gasteiger partial charge on any atom is -0.492 e. The Morgan fingerprint density at radius 1 is 1.05 bits per heavy atom. The van der Waals surface area contributed by atoms with Crippen molar-refractivity contribution < 1.29 is 22.7 Å². The largest absolute Gasteiger partial charge is 0.492 e. The van der Waals surface area contributed by atoms with Crippen LogP contribution in [0.2, 0.25) is 0 Å². The highest BCUT2D eigenvalue weighted by Crippen LogP contribution is 2.40. The molecule has 0 unspecified atom stereocenters. The molecule has 7 nitrogen and oxygen atoms in total. The van der Waals surface area contributed by atoms with Crippen molar-refractivity contribution in [1.29, 1.82) is 0 Å². The van der Waals surface area contributed by atoms with E-state index in [0.717, 1.165) is 23.3 Å². The van der Waals surface area contributed by atoms with Crippen LogP contribution in [-0.4, -0.2) is 40.1 Å². The Bertz CT molecular complexity index is 1380. The number of aryl methyl sites for hydroxylation is 2. The zero-order chi connectivity index (χ0) is 27.5. The summed E-state index contributed by atoms with van der Waals surface area (Å²) in [4.78, 5) is 13.2. The zero-order valence-electron chi connectivity index (χ0n) is 22.7. The summed E-state index contributed by atoms with van der Waals surface area (Å²) in [7, 11) is -3.94. The Hall–Kier alpha value is -3.52. The number of sulfonamides is 1. The molecule has 38 heavy (non-hydrogen) atoms. The lowest BCUT2D eigenvalue weighted by Crippen LogP contribution is -2.51. The fourth-order valence-electron chi connectivity index (χ4n) is 4.20. The summed E-state index contributed by atoms with van der Waals surface area (Å²) in [5.41, 5.74) is 3.39. The molecular formula is C30H36N2O5S. The predicted octanol–water partition coefficient (Wildman–Crippen LogP) is 5.01. The van der Waals surface area contributed by atoms with Gasteiger partial charge in [-0.25, -0.2) is 8.42 Å². The summed E-state index contributed by atoms with van der Waals surface area (Å²) in [6, 6.07) is 20.0. The predicted molar refractivity (Wildman–Crippen MR) is 150 cm³/mol. The van der Waals surface area contributed by atoms with Gasteiger partial charge in [0.2, 0.25) is 0 Å². The first-order chi connectivity index (χ1) is 18.0. The monoisotopic (exact) mass is 536 g/mol. The maximum Gasteiger partial charge on any atom is 0.264 e. The number of hydrogen-bond acceptors (Lipinski definition) is 5. The van der Waals surface area contributed by atoms with E-state index in [-0.39, 0.29) is 30.0 Å². The average Bonchev–Trinajstić information content (AvgIpc) is 2.90. The maximum absolute atomic E-state index is 13.8. The van der Waals surface area contributed by atoms with Crippen molar-refractivity contribution in [3.05, 3.63) is 83.4 Å². The highest BCUT2D eigenvalue weighted by Gasteiger charge is 2.38. The van der Waals surface area contributed by atoms with E-state index in [0.29, 0.717) is 11.4 Å². The molecule has 0 aliphatic carbocycles. The van der Waals surface area contributed by atoms with Gasteiger partial charge in [-0.05, 0) is 66.3 Å². The molecule has 1 aliphatic rings. The molecule has 4 rings (SSSR count). The van der Waals surface area contributed by atoms with E-state index in [1.165, 1.54) is 9.87 Å². The molecule has 0 bridgehead atoms. The van der Waals surface area contributed by atoms with E-state index >= 15 is 0 Å². The number of benzene rings is 3. The molecule has 0 saturated heterocycles. The third kappa shape index (κ3) is 6.13. The molecule has 8 heteroatoms. The number of carbonyl (C=O) groups is 1. The van der Waals surface area contributed by atoms with Crippen LogP contribution in [0.1, 0.15) is 44.4 Å². The summed E-state index contributed by atoms with van der Waals surface area (Å²) >= 11 is 0. The lowest BCUT2D eigenvalue weighted by atomic mass is 9.86. The number of anilines is 1. The lowest BCUT2D eigenvalue weighted by molar-refractivity contribution is -0.127. The van der Waals surface area contributed by atoms with Gasteiger partial charge in [-0.3, -0.25) is 9.10 Å². The Morgan fingerprint density at radius 2 is 1.74 bits per heavy atom. The molecule has 3 aromatic carbocycles. The van der Waals surface area contributed by atoms with Crippen molar-refractivity contribution in [2.45, 2.75) is 57.5 Å². The highest BCUT2D eigenvalue weighted by atomic mass is 32.2. The van der Waals surface area contributed by atoms with Gasteiger partial charge in [-0.15, -0.1) is 0 Å². The van der Waals surface area contributed by atoms with Gasteiger partial charge in [0.25, 0.3) is 15.9 Å². The first-order valence-electron chi connectivity index (χ1n) is 12.9. The van der Waals surface area contributed by atoms with Gasteiger partial charge in [0.15, 0.2) is 6.10 Å². The first-order valence-corrected chi connectivity index (χ1v) is 14.3. The quantitative estimate of drug-likeness (QED) is 0.409. The first kappa shape index (κ1) is 27.5. The van der Waals surface area contributed by atoms with E-state index in [9.17, 15) is 13.2 Å². The summed E-state index contributed by atoms with van der Waals surface area (Å²) < 4.78 is 40.6. The van der Waals surface area contributed by atoms with Crippen LogP contribution in [0.5, 0.6) is 11.5 Å². The molecule has 0 spiro atoms. The van der Waals surface area contributed by atoms with E-state index in [2.05, 4.69) is 33.0 Å². The summed E-state index contributed by atoms with van der Waals surface area (Å²) in [6.07, 6.45) is -0.0540. The molecule has 202 valence electrons. The molecule has 0 saturated carbocycles. The minimum absolute atomic E-state index is 0.137. The second kappa shape index (κ2) is 11.1. The number of ether oxygens (including phenoxy) is 2. The fourth-order valence-corrected chi connectivity index (χ4v) is 5.67. The highest BCUT2D eigenvalue weighted by molar-refractivity contribution is 7.92. The van der Waals surface area contributed by atoms with Gasteiger partial charge in [-0.2, -0.15) is 0 Å². The van der Waals surface area contributed by atoms with Crippen molar-refractivity contribution in [2.75, 3.05) is 24.0 Å². The summed E-state index contributed by atoms with van der Waals surface area (Å²) in [5.74, 6) is 0.682. The summed E-state index contributed by atoms with van der Waals surface area (Å²) in [6.45, 7) is 10.6. The van der Waals surface area contributed by atoms with Gasteiger partial charge < -0.3 is 14.8 Å². The maximum atomic E-state index is 13.8. The van der Waals surface area contributed by atoms with E-state index in [4.69, 9.17) is 9.47 Å². The Morgan fingerprint density at radius 3 is 2.37 bits per heavy atom. The molecule has 1 atom stereocenters. The van der Waals surface area contributed by atoms with Gasteiger partial charge in [0.05, 0.1) is 23.7 Å². The molecule has 1 aliphatic heterocycles. The van der Waals surface area contributed by atoms with Gasteiger partial charge in [0.1, 0.15) is 18.1 Å². The Balaban J connectivity index is 1.52. The Kier molecular flexibility index (Phi) is 8.02. The zero-order valence-corrected chi connectivity index (χ0v) is 23.5. The topological polar surface area (TPSA) is 84.9 Å². The molecule has 0 radical (unpaired) electrons. The van der Waals surface area contributed by atoms with Crippen molar-refractivity contribution in [2.24, 2.45) is 0 Å². The molecule has 3 aromatic rings. The normalized spacial score (nSPS) is 15.4. The van der Waals surface area contributed by atoms with Gasteiger partial charge in [0, 0.05) is 0 Å². The molecule has 1 heterocycles. The number of rotatable bonds is 8. The number of nitrogens with zero attached hydrogens (tertiary/aromatic N) is 1. The van der Waals surface area contributed by atoms with Crippen molar-refractivity contribution in [1.82, 2.24) is 5.32 Å². The molecule has 0 aromatic heterocycles. The van der Waals surface area contributed by atoms with Crippen LogP contribution < -0.4 is 19.1 Å². The van der Waals surface area contributed by atoms with Crippen LogP contribution in [-0.2, 0) is 26.7 Å². The van der Waals surface area contributed by atoms with Gasteiger partial charge >= 0.3 is 0 Å². The van der Waals surface area contributed by atoms with Crippen LogP contribution in [0, 0.1) is 6.92 Å². The average molecular weight is 537 g/mol. The van der Waals surface area contributed by atoms with E-state index in [1.54, 1.807) is 30.3 Å². The smallest absolute Gasteiger partial charge is 0.264 e. The molecule has 1 N–H and O–H groups in total. The molecule has 0 fully saturated rings. The molecule has 1 amide bonds. The number of carbonyl (C=O) groups excluding carboxylic acids is 1. The second-order valence-corrected chi connectivity index (χ2v) is 12.4. The number of amides is 1. The van der Waals surface area contributed by atoms with Crippen LogP contribution in [0.25, 0.3) is 0 Å². The van der Waals surface area contributed by atoms with Crippen molar-refractivity contribution in [3.63, 3.8) is 0 Å².